The molecule has 1 aliphatic carbocycles. The monoisotopic (exact) mass is 324 g/mol. The number of hydrogen-bond donors (Lipinski definition) is 1. The van der Waals surface area contributed by atoms with Crippen molar-refractivity contribution in [2.24, 2.45) is 13.0 Å². The van der Waals surface area contributed by atoms with E-state index >= 15 is 0 Å². The molecule has 7 heteroatoms. The van der Waals surface area contributed by atoms with E-state index in [0.29, 0.717) is 18.1 Å². The van der Waals surface area contributed by atoms with Crippen LogP contribution in [0.15, 0.2) is 30.5 Å². The molecular formula is C17H16N4O3. The fourth-order valence-electron chi connectivity index (χ4n) is 2.58. The number of aryl methyl sites for hydroxylation is 1. The van der Waals surface area contributed by atoms with Crippen molar-refractivity contribution in [1.29, 1.82) is 0 Å². The van der Waals surface area contributed by atoms with Gasteiger partial charge in [-0.05, 0) is 42.5 Å². The zero-order chi connectivity index (χ0) is 16.7. The molecule has 0 saturated heterocycles. The van der Waals surface area contributed by atoms with Crippen molar-refractivity contribution in [2.45, 2.75) is 12.8 Å². The summed E-state index contributed by atoms with van der Waals surface area (Å²) < 4.78 is 7.26. The van der Waals surface area contributed by atoms with Crippen molar-refractivity contribution in [3.63, 3.8) is 0 Å². The van der Waals surface area contributed by atoms with E-state index in [9.17, 15) is 9.90 Å². The maximum Gasteiger partial charge on any atom is 0.341 e. The molecule has 1 aromatic carbocycles. The van der Waals surface area contributed by atoms with E-state index in [1.165, 1.54) is 0 Å². The Labute approximate surface area is 137 Å². The lowest BCUT2D eigenvalue weighted by Crippen LogP contribution is -2.07. The first-order chi connectivity index (χ1) is 11.6. The van der Waals surface area contributed by atoms with Gasteiger partial charge in [0.05, 0.1) is 12.1 Å². The maximum atomic E-state index is 11.5. The van der Waals surface area contributed by atoms with Crippen LogP contribution in [0, 0.1) is 5.92 Å². The second-order valence-corrected chi connectivity index (χ2v) is 6.05. The Morgan fingerprint density at radius 1 is 1.33 bits per heavy atom. The fraction of sp³-hybridized carbons (Fsp3) is 0.294. The number of fused-ring (bicyclic) bond motifs is 1. The molecule has 0 spiro atoms. The molecule has 2 aromatic heterocycles. The molecule has 0 unspecified atom stereocenters. The van der Waals surface area contributed by atoms with Crippen LogP contribution < -0.4 is 4.74 Å². The highest BCUT2D eigenvalue weighted by Crippen LogP contribution is 2.31. The number of carbonyl (C=O) groups is 1. The maximum absolute atomic E-state index is 11.5. The lowest BCUT2D eigenvalue weighted by Gasteiger charge is -2.09. The summed E-state index contributed by atoms with van der Waals surface area (Å²) in [6.07, 6.45) is 3.91. The fourth-order valence-corrected chi connectivity index (χ4v) is 2.58. The van der Waals surface area contributed by atoms with E-state index < -0.39 is 5.97 Å². The number of hydrogen-bond acceptors (Lipinski definition) is 5. The van der Waals surface area contributed by atoms with Crippen LogP contribution in [-0.4, -0.2) is 37.7 Å². The highest BCUT2D eigenvalue weighted by molar-refractivity contribution is 5.92. The van der Waals surface area contributed by atoms with Crippen molar-refractivity contribution in [3.8, 4) is 17.0 Å². The molecule has 1 fully saturated rings. The predicted molar refractivity (Wildman–Crippen MR) is 86.9 cm³/mol. The molecule has 1 saturated carbocycles. The van der Waals surface area contributed by atoms with Crippen LogP contribution >= 0.6 is 0 Å². The Balaban J connectivity index is 1.70. The second kappa shape index (κ2) is 5.59. The summed E-state index contributed by atoms with van der Waals surface area (Å²) >= 11 is 0. The highest BCUT2D eigenvalue weighted by atomic mass is 16.5. The number of carboxylic acids is 1. The van der Waals surface area contributed by atoms with Crippen molar-refractivity contribution < 1.29 is 14.6 Å². The largest absolute Gasteiger partial charge is 0.477 e. The summed E-state index contributed by atoms with van der Waals surface area (Å²) in [7, 11) is 1.82. The van der Waals surface area contributed by atoms with Crippen molar-refractivity contribution in [2.75, 3.05) is 6.61 Å². The lowest BCUT2D eigenvalue weighted by atomic mass is 10.1. The van der Waals surface area contributed by atoms with Crippen molar-refractivity contribution in [1.82, 2.24) is 20.0 Å². The summed E-state index contributed by atoms with van der Waals surface area (Å²) in [5.74, 6) is -0.332. The summed E-state index contributed by atoms with van der Waals surface area (Å²) in [4.78, 5) is 15.8. The minimum absolute atomic E-state index is 0.0763. The SMILES string of the molecule is Cn1nnc2cc(-c3cnc(OCC4CC4)c(C(=O)O)c3)ccc21. The van der Waals surface area contributed by atoms with Gasteiger partial charge in [-0.15, -0.1) is 5.10 Å². The quantitative estimate of drug-likeness (QED) is 0.775. The topological polar surface area (TPSA) is 90.1 Å². The first kappa shape index (κ1) is 14.6. The van der Waals surface area contributed by atoms with Gasteiger partial charge in [-0.25, -0.2) is 14.5 Å². The minimum Gasteiger partial charge on any atom is -0.477 e. The van der Waals surface area contributed by atoms with E-state index in [1.807, 2.05) is 25.2 Å². The van der Waals surface area contributed by atoms with Gasteiger partial charge < -0.3 is 9.84 Å². The summed E-state index contributed by atoms with van der Waals surface area (Å²) in [5.41, 5.74) is 3.29. The highest BCUT2D eigenvalue weighted by Gasteiger charge is 2.24. The molecular weight excluding hydrogens is 308 g/mol. The number of nitrogens with zero attached hydrogens (tertiary/aromatic N) is 4. The Hall–Kier alpha value is -2.96. The summed E-state index contributed by atoms with van der Waals surface area (Å²) in [5, 5.41) is 17.5. The average molecular weight is 324 g/mol. The first-order valence-electron chi connectivity index (χ1n) is 7.78. The van der Waals surface area contributed by atoms with Gasteiger partial charge >= 0.3 is 5.97 Å². The van der Waals surface area contributed by atoms with E-state index in [-0.39, 0.29) is 11.4 Å². The van der Waals surface area contributed by atoms with E-state index in [2.05, 4.69) is 15.3 Å². The van der Waals surface area contributed by atoms with Crippen LogP contribution in [0.3, 0.4) is 0 Å². The molecule has 122 valence electrons. The van der Waals surface area contributed by atoms with Gasteiger partial charge in [0.2, 0.25) is 5.88 Å². The molecule has 3 aromatic rings. The molecule has 2 heterocycles. The number of pyridine rings is 1. The van der Waals surface area contributed by atoms with E-state index in [1.54, 1.807) is 16.9 Å². The number of benzene rings is 1. The van der Waals surface area contributed by atoms with Gasteiger partial charge in [-0.2, -0.15) is 0 Å². The third-order valence-corrected chi connectivity index (χ3v) is 4.18. The van der Waals surface area contributed by atoms with Gasteiger partial charge in [-0.3, -0.25) is 0 Å². The summed E-state index contributed by atoms with van der Waals surface area (Å²) in [6, 6.07) is 7.27. The first-order valence-corrected chi connectivity index (χ1v) is 7.78. The van der Waals surface area contributed by atoms with Gasteiger partial charge in [0.25, 0.3) is 0 Å². The Morgan fingerprint density at radius 3 is 2.92 bits per heavy atom. The van der Waals surface area contributed by atoms with Gasteiger partial charge in [-0.1, -0.05) is 11.3 Å². The Morgan fingerprint density at radius 2 is 2.17 bits per heavy atom. The smallest absolute Gasteiger partial charge is 0.341 e. The van der Waals surface area contributed by atoms with Gasteiger partial charge in [0.15, 0.2) is 0 Å². The van der Waals surface area contributed by atoms with Crippen molar-refractivity contribution >= 4 is 17.0 Å². The molecule has 24 heavy (non-hydrogen) atoms. The van der Waals surface area contributed by atoms with Crippen LogP contribution in [0.5, 0.6) is 5.88 Å². The normalized spacial score (nSPS) is 14.0. The minimum atomic E-state index is -1.05. The Bertz CT molecular complexity index is 931. The van der Waals surface area contributed by atoms with Gasteiger partial charge in [0.1, 0.15) is 11.1 Å². The zero-order valence-corrected chi connectivity index (χ0v) is 13.1. The molecule has 0 atom stereocenters. The average Bonchev–Trinajstić information content (AvgIpc) is 3.35. The molecule has 1 N–H and O–H groups in total. The molecule has 0 bridgehead atoms. The molecule has 1 aliphatic rings. The second-order valence-electron chi connectivity index (χ2n) is 6.05. The van der Waals surface area contributed by atoms with E-state index in [4.69, 9.17) is 4.74 Å². The lowest BCUT2D eigenvalue weighted by molar-refractivity contribution is 0.0691. The Kier molecular flexibility index (Phi) is 3.41. The molecule has 0 radical (unpaired) electrons. The van der Waals surface area contributed by atoms with Crippen LogP contribution in [0.25, 0.3) is 22.2 Å². The van der Waals surface area contributed by atoms with Crippen molar-refractivity contribution in [3.05, 3.63) is 36.0 Å². The predicted octanol–water partition coefficient (Wildman–Crippen LogP) is 2.52. The molecule has 4 rings (SSSR count). The standard InChI is InChI=1S/C17H16N4O3/c1-21-15-5-4-11(7-14(15)19-20-21)12-6-13(17(22)23)16(18-8-12)24-9-10-2-3-10/h4-8,10H,2-3,9H2,1H3,(H,22,23). The van der Waals surface area contributed by atoms with Crippen LogP contribution in [-0.2, 0) is 7.05 Å². The summed E-state index contributed by atoms with van der Waals surface area (Å²) in [6.45, 7) is 0.526. The third kappa shape index (κ3) is 2.68. The number of rotatable bonds is 5. The number of aromatic carboxylic acids is 1. The van der Waals surface area contributed by atoms with Crippen LogP contribution in [0.1, 0.15) is 23.2 Å². The van der Waals surface area contributed by atoms with Gasteiger partial charge in [0, 0.05) is 18.8 Å². The molecule has 7 nitrogen and oxygen atoms in total. The number of aromatic nitrogens is 4. The molecule has 0 amide bonds. The molecule has 0 aliphatic heterocycles. The van der Waals surface area contributed by atoms with E-state index in [0.717, 1.165) is 29.4 Å². The number of carboxylic acid groups (broad SMARTS) is 1. The number of ether oxygens (including phenoxy) is 1. The van der Waals surface area contributed by atoms with Crippen LogP contribution in [0.4, 0.5) is 0 Å². The zero-order valence-electron chi connectivity index (χ0n) is 13.1. The van der Waals surface area contributed by atoms with Crippen LogP contribution in [0.2, 0.25) is 0 Å². The third-order valence-electron chi connectivity index (χ3n) is 4.18.